The number of nitrogens with one attached hydrogen (secondary N) is 1. The van der Waals surface area contributed by atoms with E-state index in [1.807, 2.05) is 42.5 Å². The minimum absolute atomic E-state index is 0.146. The van der Waals surface area contributed by atoms with E-state index in [2.05, 4.69) is 18.3 Å². The van der Waals surface area contributed by atoms with Gasteiger partial charge in [-0.15, -0.1) is 0 Å². The Kier molecular flexibility index (Phi) is 8.75. The Morgan fingerprint density at radius 1 is 1.24 bits per heavy atom. The van der Waals surface area contributed by atoms with Crippen LogP contribution in [0, 0.1) is 11.3 Å². The predicted molar refractivity (Wildman–Crippen MR) is 138 cm³/mol. The second-order valence-corrected chi connectivity index (χ2v) is 9.94. The Morgan fingerprint density at radius 3 is 2.68 bits per heavy atom. The van der Waals surface area contributed by atoms with Crippen LogP contribution in [0.5, 0.6) is 5.75 Å². The summed E-state index contributed by atoms with van der Waals surface area (Å²) in [5.74, 6) is 0.0287. The van der Waals surface area contributed by atoms with Gasteiger partial charge in [-0.25, -0.2) is 4.90 Å². The number of rotatable bonds is 7. The van der Waals surface area contributed by atoms with Gasteiger partial charge in [-0.3, -0.25) is 9.59 Å². The molecule has 0 aromatic heterocycles. The van der Waals surface area contributed by atoms with Crippen LogP contribution in [0.1, 0.15) is 56.6 Å². The van der Waals surface area contributed by atoms with E-state index in [-0.39, 0.29) is 44.4 Å². The van der Waals surface area contributed by atoms with Crippen molar-refractivity contribution in [2.45, 2.75) is 70.1 Å². The second kappa shape index (κ2) is 12.0. The van der Waals surface area contributed by atoms with Crippen molar-refractivity contribution >= 4 is 11.9 Å². The number of hydrogen-bond donors (Lipinski definition) is 1. The molecule has 1 amide bonds. The highest BCUT2D eigenvalue weighted by atomic mass is 19.3. The molecule has 2 aromatic carbocycles. The van der Waals surface area contributed by atoms with Crippen LogP contribution in [0.3, 0.4) is 0 Å². The summed E-state index contributed by atoms with van der Waals surface area (Å²) in [7, 11) is 0. The standard InChI is InChI=1S/C29H33F2N3O4/c1-3-29(30,31)34-13-4-14-37-26(18-34)28(36)33-23(17-32)15-20-6-8-21(9-7-20)22-10-11-25-24(16-22)19(2)5-12-27(35)38-25/h6-11,16,19,23,26H,3-5,12-15,18H2,1-2H3,(H,33,36). The first kappa shape index (κ1) is 27.7. The van der Waals surface area contributed by atoms with Gasteiger partial charge < -0.3 is 14.8 Å². The molecule has 0 bridgehead atoms. The molecule has 1 fully saturated rings. The van der Waals surface area contributed by atoms with Gasteiger partial charge in [-0.2, -0.15) is 14.0 Å². The summed E-state index contributed by atoms with van der Waals surface area (Å²) >= 11 is 0. The van der Waals surface area contributed by atoms with E-state index in [0.717, 1.165) is 33.6 Å². The van der Waals surface area contributed by atoms with Crippen LogP contribution in [0.2, 0.25) is 0 Å². The molecular weight excluding hydrogens is 492 g/mol. The minimum Gasteiger partial charge on any atom is -0.426 e. The van der Waals surface area contributed by atoms with Crippen molar-refractivity contribution in [3.63, 3.8) is 0 Å². The largest absolute Gasteiger partial charge is 0.426 e. The Balaban J connectivity index is 1.40. The summed E-state index contributed by atoms with van der Waals surface area (Å²) in [6.45, 7) is 3.61. The molecule has 0 aliphatic carbocycles. The van der Waals surface area contributed by atoms with E-state index in [1.165, 1.54) is 6.92 Å². The average Bonchev–Trinajstić information content (AvgIpc) is 3.26. The summed E-state index contributed by atoms with van der Waals surface area (Å²) < 4.78 is 39.4. The Bertz CT molecular complexity index is 1200. The van der Waals surface area contributed by atoms with Crippen LogP contribution in [0.15, 0.2) is 42.5 Å². The van der Waals surface area contributed by atoms with Crippen LogP contribution in [0.25, 0.3) is 11.1 Å². The number of hydrogen-bond acceptors (Lipinski definition) is 6. The van der Waals surface area contributed by atoms with Crippen molar-refractivity contribution in [2.75, 3.05) is 19.7 Å². The van der Waals surface area contributed by atoms with E-state index in [0.29, 0.717) is 18.6 Å². The first-order chi connectivity index (χ1) is 18.2. The number of carbonyl (C=O) groups is 2. The summed E-state index contributed by atoms with van der Waals surface area (Å²) in [5, 5.41) is 12.3. The van der Waals surface area contributed by atoms with E-state index in [4.69, 9.17) is 9.47 Å². The lowest BCUT2D eigenvalue weighted by Crippen LogP contribution is -2.50. The normalized spacial score (nSPS) is 21.3. The summed E-state index contributed by atoms with van der Waals surface area (Å²) in [6.07, 6.45) is 0.384. The molecule has 38 heavy (non-hydrogen) atoms. The number of nitrogens with zero attached hydrogens (tertiary/aromatic N) is 2. The minimum atomic E-state index is -3.01. The number of benzene rings is 2. The maximum absolute atomic E-state index is 14.2. The number of amides is 1. The SMILES string of the molecule is CCC(F)(F)N1CCCOC(C(=O)NC(C#N)Cc2ccc(-c3ccc4c(c3)C(C)CCC(=O)O4)cc2)C1. The first-order valence-electron chi connectivity index (χ1n) is 13.1. The molecule has 3 unspecified atom stereocenters. The molecule has 7 nitrogen and oxygen atoms in total. The van der Waals surface area contributed by atoms with Crippen LogP contribution in [-0.2, 0) is 20.7 Å². The number of halogens is 2. The molecule has 1 saturated heterocycles. The van der Waals surface area contributed by atoms with Gasteiger partial charge in [0.2, 0.25) is 0 Å². The third-order valence-electron chi connectivity index (χ3n) is 7.20. The monoisotopic (exact) mass is 525 g/mol. The maximum Gasteiger partial charge on any atom is 0.311 e. The van der Waals surface area contributed by atoms with Crippen molar-refractivity contribution in [3.8, 4) is 22.9 Å². The molecular formula is C29H33F2N3O4. The molecule has 2 aliphatic rings. The highest BCUT2D eigenvalue weighted by Crippen LogP contribution is 2.36. The number of carbonyl (C=O) groups excluding carboxylic acids is 2. The third-order valence-corrected chi connectivity index (χ3v) is 7.20. The first-order valence-corrected chi connectivity index (χ1v) is 13.1. The zero-order chi connectivity index (χ0) is 27.3. The average molecular weight is 526 g/mol. The van der Waals surface area contributed by atoms with Gasteiger partial charge in [-0.1, -0.05) is 44.2 Å². The lowest BCUT2D eigenvalue weighted by Gasteiger charge is -2.30. The fourth-order valence-corrected chi connectivity index (χ4v) is 4.84. The van der Waals surface area contributed by atoms with Crippen molar-refractivity contribution in [3.05, 3.63) is 53.6 Å². The van der Waals surface area contributed by atoms with Crippen LogP contribution in [0.4, 0.5) is 8.78 Å². The lowest BCUT2D eigenvalue weighted by molar-refractivity contribution is -0.158. The van der Waals surface area contributed by atoms with Crippen LogP contribution in [-0.4, -0.2) is 54.7 Å². The van der Waals surface area contributed by atoms with Gasteiger partial charge in [0.1, 0.15) is 17.9 Å². The second-order valence-electron chi connectivity index (χ2n) is 9.94. The number of fused-ring (bicyclic) bond motifs is 1. The molecule has 202 valence electrons. The molecule has 2 aliphatic heterocycles. The van der Waals surface area contributed by atoms with Crippen LogP contribution < -0.4 is 10.1 Å². The molecule has 0 spiro atoms. The molecule has 9 heteroatoms. The van der Waals surface area contributed by atoms with E-state index in [9.17, 15) is 23.6 Å². The van der Waals surface area contributed by atoms with Crippen molar-refractivity contribution in [1.82, 2.24) is 10.2 Å². The number of nitriles is 1. The third kappa shape index (κ3) is 6.55. The summed E-state index contributed by atoms with van der Waals surface area (Å²) in [6, 6.07) is 11.7. The van der Waals surface area contributed by atoms with Crippen molar-refractivity contribution in [2.24, 2.45) is 0 Å². The molecule has 4 rings (SSSR count). The topological polar surface area (TPSA) is 91.7 Å². The molecule has 1 N–H and O–H groups in total. The Labute approximate surface area is 221 Å². The lowest BCUT2D eigenvalue weighted by atomic mass is 9.92. The molecule has 3 atom stereocenters. The quantitative estimate of drug-likeness (QED) is 0.317. The van der Waals surface area contributed by atoms with Gasteiger partial charge in [0.25, 0.3) is 5.91 Å². The molecule has 2 aromatic rings. The van der Waals surface area contributed by atoms with Crippen molar-refractivity contribution < 1.29 is 27.8 Å². The maximum atomic E-state index is 14.2. The smallest absolute Gasteiger partial charge is 0.311 e. The number of alkyl halides is 2. The van der Waals surface area contributed by atoms with Gasteiger partial charge in [0, 0.05) is 39.0 Å². The Morgan fingerprint density at radius 2 is 1.97 bits per heavy atom. The van der Waals surface area contributed by atoms with Gasteiger partial charge in [0.15, 0.2) is 0 Å². The Hall–Kier alpha value is -3.35. The highest BCUT2D eigenvalue weighted by molar-refractivity contribution is 5.81. The van der Waals surface area contributed by atoms with Gasteiger partial charge >= 0.3 is 12.0 Å². The zero-order valence-electron chi connectivity index (χ0n) is 21.7. The number of ether oxygens (including phenoxy) is 2. The highest BCUT2D eigenvalue weighted by Gasteiger charge is 2.39. The van der Waals surface area contributed by atoms with Crippen LogP contribution >= 0.6 is 0 Å². The predicted octanol–water partition coefficient (Wildman–Crippen LogP) is 4.80. The van der Waals surface area contributed by atoms with E-state index < -0.39 is 24.1 Å². The van der Waals surface area contributed by atoms with E-state index >= 15 is 0 Å². The van der Waals surface area contributed by atoms with Gasteiger partial charge in [0.05, 0.1) is 6.07 Å². The molecule has 2 heterocycles. The number of esters is 1. The molecule has 0 radical (unpaired) electrons. The fourth-order valence-electron chi connectivity index (χ4n) is 4.84. The van der Waals surface area contributed by atoms with Gasteiger partial charge in [-0.05, 0) is 53.1 Å². The molecule has 0 saturated carbocycles. The summed E-state index contributed by atoms with van der Waals surface area (Å²) in [5.41, 5.74) is 3.81. The van der Waals surface area contributed by atoms with Crippen molar-refractivity contribution in [1.29, 1.82) is 5.26 Å². The summed E-state index contributed by atoms with van der Waals surface area (Å²) in [4.78, 5) is 25.6. The van der Waals surface area contributed by atoms with E-state index in [1.54, 1.807) is 0 Å². The fraction of sp³-hybridized carbons (Fsp3) is 0.483. The zero-order valence-corrected chi connectivity index (χ0v) is 21.7.